The normalized spacial score (nSPS) is 20.8. The summed E-state index contributed by atoms with van der Waals surface area (Å²) in [5.41, 5.74) is 2.38. The molecule has 2 aliphatic heterocycles. The Labute approximate surface area is 164 Å². The average Bonchev–Trinajstić information content (AvgIpc) is 3.29. The maximum Gasteiger partial charge on any atom is 0.274 e. The minimum absolute atomic E-state index is 0.0971. The predicted molar refractivity (Wildman–Crippen MR) is 105 cm³/mol. The van der Waals surface area contributed by atoms with Crippen molar-refractivity contribution in [3.8, 4) is 0 Å². The van der Waals surface area contributed by atoms with Gasteiger partial charge in [-0.25, -0.2) is 4.68 Å². The van der Waals surface area contributed by atoms with E-state index in [4.69, 9.17) is 11.6 Å². The summed E-state index contributed by atoms with van der Waals surface area (Å²) in [6, 6.07) is 8.25. The summed E-state index contributed by atoms with van der Waals surface area (Å²) in [7, 11) is 0. The third-order valence-electron chi connectivity index (χ3n) is 5.49. The van der Waals surface area contributed by atoms with Crippen LogP contribution in [0.4, 0.5) is 5.69 Å². The molecule has 0 radical (unpaired) electrons. The van der Waals surface area contributed by atoms with E-state index in [-0.39, 0.29) is 11.9 Å². The first-order valence-corrected chi connectivity index (χ1v) is 9.93. The Morgan fingerprint density at radius 3 is 2.89 bits per heavy atom. The Balaban J connectivity index is 1.39. The number of hydrogen-bond acceptors (Lipinski definition) is 5. The molecule has 1 aromatic carbocycles. The second-order valence-electron chi connectivity index (χ2n) is 7.33. The SMILES string of the molecule is Cc1c(C(=O)NC2CCN(c3cccc(Cl)c3)C2)nnn1C1CCNCC1. The van der Waals surface area contributed by atoms with E-state index in [1.54, 1.807) is 0 Å². The second kappa shape index (κ2) is 7.86. The van der Waals surface area contributed by atoms with Gasteiger partial charge in [0.25, 0.3) is 5.91 Å². The summed E-state index contributed by atoms with van der Waals surface area (Å²) >= 11 is 6.09. The van der Waals surface area contributed by atoms with Gasteiger partial charge in [0, 0.05) is 29.8 Å². The van der Waals surface area contributed by atoms with Crippen LogP contribution in [0.5, 0.6) is 0 Å². The number of nitrogens with zero attached hydrogens (tertiary/aromatic N) is 4. The van der Waals surface area contributed by atoms with Crippen molar-refractivity contribution in [1.82, 2.24) is 25.6 Å². The van der Waals surface area contributed by atoms with E-state index in [1.807, 2.05) is 35.9 Å². The molecule has 1 aromatic heterocycles. The van der Waals surface area contributed by atoms with Gasteiger partial charge in [0.15, 0.2) is 5.69 Å². The van der Waals surface area contributed by atoms with Crippen molar-refractivity contribution >= 4 is 23.2 Å². The summed E-state index contributed by atoms with van der Waals surface area (Å²) in [5, 5.41) is 15.6. The summed E-state index contributed by atoms with van der Waals surface area (Å²) in [6.45, 7) is 5.56. The molecule has 7 nitrogen and oxygen atoms in total. The molecular formula is C19H25ClN6O. The van der Waals surface area contributed by atoms with E-state index >= 15 is 0 Å². The number of carbonyl (C=O) groups is 1. The van der Waals surface area contributed by atoms with Crippen LogP contribution >= 0.6 is 11.6 Å². The third-order valence-corrected chi connectivity index (χ3v) is 5.73. The van der Waals surface area contributed by atoms with Crippen LogP contribution in [0.3, 0.4) is 0 Å². The van der Waals surface area contributed by atoms with Crippen molar-refractivity contribution in [2.45, 2.75) is 38.3 Å². The van der Waals surface area contributed by atoms with Gasteiger partial charge in [0.1, 0.15) is 0 Å². The monoisotopic (exact) mass is 388 g/mol. The van der Waals surface area contributed by atoms with Crippen LogP contribution in [0, 0.1) is 6.92 Å². The Kier molecular flexibility index (Phi) is 5.31. The maximum absolute atomic E-state index is 12.7. The zero-order valence-electron chi connectivity index (χ0n) is 15.5. The number of nitrogens with one attached hydrogen (secondary N) is 2. The molecule has 2 fully saturated rings. The maximum atomic E-state index is 12.7. The molecule has 2 aliphatic rings. The fourth-order valence-electron chi connectivity index (χ4n) is 3.99. The molecule has 2 aromatic rings. The van der Waals surface area contributed by atoms with Gasteiger partial charge < -0.3 is 15.5 Å². The Hall–Kier alpha value is -2.12. The highest BCUT2D eigenvalue weighted by Crippen LogP contribution is 2.24. The van der Waals surface area contributed by atoms with Crippen molar-refractivity contribution in [2.24, 2.45) is 0 Å². The first-order chi connectivity index (χ1) is 13.1. The van der Waals surface area contributed by atoms with Crippen LogP contribution in [0.1, 0.15) is 41.5 Å². The van der Waals surface area contributed by atoms with Crippen LogP contribution in [-0.4, -0.2) is 53.1 Å². The van der Waals surface area contributed by atoms with E-state index in [0.29, 0.717) is 11.7 Å². The molecule has 0 spiro atoms. The molecule has 0 aliphatic carbocycles. The van der Waals surface area contributed by atoms with Crippen LogP contribution < -0.4 is 15.5 Å². The van der Waals surface area contributed by atoms with Crippen molar-refractivity contribution in [1.29, 1.82) is 0 Å². The quantitative estimate of drug-likeness (QED) is 0.839. The highest BCUT2D eigenvalue weighted by molar-refractivity contribution is 6.30. The summed E-state index contributed by atoms with van der Waals surface area (Å²) in [5.74, 6) is -0.134. The number of piperidine rings is 1. The lowest BCUT2D eigenvalue weighted by atomic mass is 10.1. The van der Waals surface area contributed by atoms with Crippen LogP contribution in [-0.2, 0) is 0 Å². The first kappa shape index (κ1) is 18.3. The van der Waals surface area contributed by atoms with Gasteiger partial charge in [-0.2, -0.15) is 0 Å². The summed E-state index contributed by atoms with van der Waals surface area (Å²) in [4.78, 5) is 15.0. The lowest BCUT2D eigenvalue weighted by molar-refractivity contribution is 0.0934. The largest absolute Gasteiger partial charge is 0.369 e. The van der Waals surface area contributed by atoms with Gasteiger partial charge in [0.05, 0.1) is 11.7 Å². The van der Waals surface area contributed by atoms with E-state index < -0.39 is 0 Å². The lowest BCUT2D eigenvalue weighted by Crippen LogP contribution is -2.37. The summed E-state index contributed by atoms with van der Waals surface area (Å²) in [6.07, 6.45) is 2.94. The molecule has 0 saturated carbocycles. The molecule has 144 valence electrons. The number of carbonyl (C=O) groups excluding carboxylic acids is 1. The standard InChI is InChI=1S/C19H25ClN6O/c1-13-18(23-24-26(13)16-5-8-21-9-6-16)19(27)22-15-7-10-25(12-15)17-4-2-3-14(20)11-17/h2-4,11,15-16,21H,5-10,12H2,1H3,(H,22,27). The number of halogens is 1. The minimum atomic E-state index is -0.134. The topological polar surface area (TPSA) is 75.1 Å². The number of benzene rings is 1. The van der Waals surface area contributed by atoms with Crippen molar-refractivity contribution in [2.75, 3.05) is 31.1 Å². The fraction of sp³-hybridized carbons (Fsp3) is 0.526. The van der Waals surface area contributed by atoms with Gasteiger partial charge in [-0.15, -0.1) is 5.10 Å². The molecule has 1 amide bonds. The number of rotatable bonds is 4. The number of anilines is 1. The first-order valence-electron chi connectivity index (χ1n) is 9.55. The smallest absolute Gasteiger partial charge is 0.274 e. The summed E-state index contributed by atoms with van der Waals surface area (Å²) < 4.78 is 1.92. The highest BCUT2D eigenvalue weighted by atomic mass is 35.5. The van der Waals surface area contributed by atoms with Crippen molar-refractivity contribution < 1.29 is 4.79 Å². The Morgan fingerprint density at radius 2 is 2.11 bits per heavy atom. The van der Waals surface area contributed by atoms with E-state index in [2.05, 4.69) is 25.8 Å². The Bertz CT molecular complexity index is 816. The van der Waals surface area contributed by atoms with Crippen LogP contribution in [0.15, 0.2) is 24.3 Å². The molecular weight excluding hydrogens is 364 g/mol. The molecule has 1 unspecified atom stereocenters. The van der Waals surface area contributed by atoms with Gasteiger partial charge in [-0.3, -0.25) is 4.79 Å². The lowest BCUT2D eigenvalue weighted by Gasteiger charge is -2.23. The van der Waals surface area contributed by atoms with Gasteiger partial charge in [0.2, 0.25) is 0 Å². The molecule has 2 N–H and O–H groups in total. The Morgan fingerprint density at radius 1 is 1.30 bits per heavy atom. The second-order valence-corrected chi connectivity index (χ2v) is 7.77. The van der Waals surface area contributed by atoms with Crippen molar-refractivity contribution in [3.63, 3.8) is 0 Å². The number of hydrogen-bond donors (Lipinski definition) is 2. The van der Waals surface area contributed by atoms with E-state index in [1.165, 1.54) is 0 Å². The van der Waals surface area contributed by atoms with E-state index in [0.717, 1.165) is 61.8 Å². The molecule has 4 rings (SSSR count). The molecule has 8 heteroatoms. The van der Waals surface area contributed by atoms with E-state index in [9.17, 15) is 4.79 Å². The predicted octanol–water partition coefficient (Wildman–Crippen LogP) is 2.17. The van der Waals surface area contributed by atoms with Gasteiger partial charge in [-0.05, 0) is 57.5 Å². The van der Waals surface area contributed by atoms with Crippen molar-refractivity contribution in [3.05, 3.63) is 40.7 Å². The number of amides is 1. The molecule has 1 atom stereocenters. The molecule has 3 heterocycles. The number of aromatic nitrogens is 3. The van der Waals surface area contributed by atoms with Crippen LogP contribution in [0.2, 0.25) is 5.02 Å². The highest BCUT2D eigenvalue weighted by Gasteiger charge is 2.28. The van der Waals surface area contributed by atoms with Gasteiger partial charge >= 0.3 is 0 Å². The fourth-order valence-corrected chi connectivity index (χ4v) is 4.17. The molecule has 27 heavy (non-hydrogen) atoms. The molecule has 2 saturated heterocycles. The van der Waals surface area contributed by atoms with Gasteiger partial charge in [-0.1, -0.05) is 22.9 Å². The van der Waals surface area contributed by atoms with Crippen LogP contribution in [0.25, 0.3) is 0 Å². The zero-order valence-corrected chi connectivity index (χ0v) is 16.2. The zero-order chi connectivity index (χ0) is 18.8. The third kappa shape index (κ3) is 3.94. The molecule has 0 bridgehead atoms. The minimum Gasteiger partial charge on any atom is -0.369 e. The average molecular weight is 389 g/mol.